The van der Waals surface area contributed by atoms with E-state index in [1.54, 1.807) is 17.9 Å². The highest BCUT2D eigenvalue weighted by Crippen LogP contribution is 2.23. The zero-order valence-corrected chi connectivity index (χ0v) is 18.6. The third-order valence-corrected chi connectivity index (χ3v) is 5.25. The number of nitro benzene ring substituents is 1. The molecule has 32 heavy (non-hydrogen) atoms. The smallest absolute Gasteiger partial charge is 0.272 e. The molecule has 9 nitrogen and oxygen atoms in total. The normalized spacial score (nSPS) is 11.8. The molecule has 1 aromatic heterocycles. The molecule has 2 aromatic carbocycles. The van der Waals surface area contributed by atoms with Gasteiger partial charge in [0.15, 0.2) is 6.61 Å². The summed E-state index contributed by atoms with van der Waals surface area (Å²) in [6.45, 7) is 7.50. The van der Waals surface area contributed by atoms with Gasteiger partial charge in [0.2, 0.25) is 11.7 Å². The monoisotopic (exact) mass is 438 g/mol. The summed E-state index contributed by atoms with van der Waals surface area (Å²) in [5.74, 6) is 0.949. The van der Waals surface area contributed by atoms with E-state index in [-0.39, 0.29) is 30.8 Å². The summed E-state index contributed by atoms with van der Waals surface area (Å²) in [5, 5.41) is 15.0. The van der Waals surface area contributed by atoms with Crippen molar-refractivity contribution in [3.05, 3.63) is 69.6 Å². The van der Waals surface area contributed by atoms with Crippen molar-refractivity contribution in [3.63, 3.8) is 0 Å². The number of rotatable bonds is 9. The summed E-state index contributed by atoms with van der Waals surface area (Å²) in [6.07, 6.45) is 0.737. The number of nitrogens with zero attached hydrogens (tertiary/aromatic N) is 4. The number of benzene rings is 2. The van der Waals surface area contributed by atoms with Crippen LogP contribution in [-0.2, 0) is 11.3 Å². The van der Waals surface area contributed by atoms with Crippen molar-refractivity contribution < 1.29 is 19.0 Å². The minimum Gasteiger partial charge on any atom is -0.484 e. The topological polar surface area (TPSA) is 112 Å². The summed E-state index contributed by atoms with van der Waals surface area (Å²) in [4.78, 5) is 29.5. The van der Waals surface area contributed by atoms with E-state index in [9.17, 15) is 14.9 Å². The van der Waals surface area contributed by atoms with Gasteiger partial charge in [-0.2, -0.15) is 4.98 Å². The van der Waals surface area contributed by atoms with Crippen LogP contribution in [-0.4, -0.2) is 38.5 Å². The van der Waals surface area contributed by atoms with Crippen LogP contribution in [0.15, 0.2) is 47.0 Å². The summed E-state index contributed by atoms with van der Waals surface area (Å²) in [6, 6.07) is 12.1. The first-order valence-electron chi connectivity index (χ1n) is 10.4. The lowest BCUT2D eigenvalue weighted by atomic mass is 10.1. The molecule has 168 valence electrons. The standard InChI is InChI=1S/C23H26N4O5/c1-5-17(4)26(13-21-24-23(25-32-21)18-8-6-15(2)7-9-18)22(28)14-31-19-10-11-20(27(29)30)16(3)12-19/h6-12,17H,5,13-14H2,1-4H3. The number of hydrogen-bond acceptors (Lipinski definition) is 7. The number of nitro groups is 1. The summed E-state index contributed by atoms with van der Waals surface area (Å²) in [5.41, 5.74) is 2.44. The van der Waals surface area contributed by atoms with Crippen LogP contribution in [0.2, 0.25) is 0 Å². The maximum absolute atomic E-state index is 12.9. The van der Waals surface area contributed by atoms with Crippen molar-refractivity contribution in [2.24, 2.45) is 0 Å². The number of carbonyl (C=O) groups excluding carboxylic acids is 1. The van der Waals surface area contributed by atoms with Crippen molar-refractivity contribution in [2.75, 3.05) is 6.61 Å². The maximum atomic E-state index is 12.9. The van der Waals surface area contributed by atoms with Crippen LogP contribution in [0.1, 0.15) is 37.3 Å². The maximum Gasteiger partial charge on any atom is 0.272 e. The van der Waals surface area contributed by atoms with E-state index in [1.807, 2.05) is 45.0 Å². The quantitative estimate of drug-likeness (QED) is 0.358. The fourth-order valence-electron chi connectivity index (χ4n) is 3.15. The van der Waals surface area contributed by atoms with E-state index in [1.165, 1.54) is 12.1 Å². The van der Waals surface area contributed by atoms with E-state index in [0.717, 1.165) is 17.5 Å². The first kappa shape index (κ1) is 22.9. The Kier molecular flexibility index (Phi) is 7.19. The highest BCUT2D eigenvalue weighted by Gasteiger charge is 2.23. The molecule has 1 unspecified atom stereocenters. The predicted octanol–water partition coefficient (Wildman–Crippen LogP) is 4.47. The van der Waals surface area contributed by atoms with Gasteiger partial charge in [0.1, 0.15) is 12.3 Å². The molecular weight excluding hydrogens is 412 g/mol. The van der Waals surface area contributed by atoms with Crippen LogP contribution in [0.3, 0.4) is 0 Å². The average molecular weight is 438 g/mol. The lowest BCUT2D eigenvalue weighted by Gasteiger charge is -2.27. The molecule has 0 fully saturated rings. The van der Waals surface area contributed by atoms with Gasteiger partial charge >= 0.3 is 0 Å². The minimum atomic E-state index is -0.454. The molecule has 3 aromatic rings. The lowest BCUT2D eigenvalue weighted by Crippen LogP contribution is -2.40. The Bertz CT molecular complexity index is 1090. The van der Waals surface area contributed by atoms with Crippen LogP contribution in [0.5, 0.6) is 5.75 Å². The van der Waals surface area contributed by atoms with Crippen LogP contribution in [0, 0.1) is 24.0 Å². The highest BCUT2D eigenvalue weighted by atomic mass is 16.6. The van der Waals surface area contributed by atoms with Crippen LogP contribution in [0.25, 0.3) is 11.4 Å². The molecule has 3 rings (SSSR count). The van der Waals surface area contributed by atoms with Gasteiger partial charge in [-0.1, -0.05) is 41.9 Å². The van der Waals surface area contributed by atoms with Gasteiger partial charge in [-0.25, -0.2) is 0 Å². The zero-order chi connectivity index (χ0) is 23.3. The van der Waals surface area contributed by atoms with Crippen LogP contribution >= 0.6 is 0 Å². The van der Waals surface area contributed by atoms with E-state index < -0.39 is 4.92 Å². The van der Waals surface area contributed by atoms with E-state index in [2.05, 4.69) is 10.1 Å². The molecule has 1 heterocycles. The molecule has 0 bridgehead atoms. The molecule has 0 N–H and O–H groups in total. The Labute approximate surface area is 186 Å². The van der Waals surface area contributed by atoms with E-state index in [0.29, 0.717) is 23.0 Å². The third-order valence-electron chi connectivity index (χ3n) is 5.25. The van der Waals surface area contributed by atoms with Crippen LogP contribution < -0.4 is 4.74 Å². The molecule has 0 saturated carbocycles. The Morgan fingerprint density at radius 1 is 1.22 bits per heavy atom. The largest absolute Gasteiger partial charge is 0.484 e. The van der Waals surface area contributed by atoms with Crippen molar-refractivity contribution in [3.8, 4) is 17.1 Å². The van der Waals surface area contributed by atoms with Gasteiger partial charge < -0.3 is 14.2 Å². The minimum absolute atomic E-state index is 0.00526. The molecule has 1 amide bonds. The Hall–Kier alpha value is -3.75. The SMILES string of the molecule is CCC(C)N(Cc1nc(-c2ccc(C)cc2)no1)C(=O)COc1ccc([N+](=O)[O-])c(C)c1. The number of ether oxygens (including phenoxy) is 1. The third kappa shape index (κ3) is 5.48. The average Bonchev–Trinajstić information content (AvgIpc) is 3.24. The number of hydrogen-bond donors (Lipinski definition) is 0. The van der Waals surface area contributed by atoms with Gasteiger partial charge in [-0.15, -0.1) is 0 Å². The van der Waals surface area contributed by atoms with Crippen molar-refractivity contribution in [2.45, 2.75) is 46.7 Å². The molecule has 0 radical (unpaired) electrons. The molecule has 0 spiro atoms. The summed E-state index contributed by atoms with van der Waals surface area (Å²) >= 11 is 0. The second-order valence-corrected chi connectivity index (χ2v) is 7.65. The van der Waals surface area contributed by atoms with Gasteiger partial charge in [0.25, 0.3) is 11.6 Å². The molecule has 0 aliphatic rings. The molecule has 0 aliphatic carbocycles. The van der Waals surface area contributed by atoms with Gasteiger partial charge in [-0.3, -0.25) is 14.9 Å². The Morgan fingerprint density at radius 2 is 1.94 bits per heavy atom. The predicted molar refractivity (Wildman–Crippen MR) is 118 cm³/mol. The molecule has 0 saturated heterocycles. The van der Waals surface area contributed by atoms with Gasteiger partial charge in [0, 0.05) is 23.2 Å². The fraction of sp³-hybridized carbons (Fsp3) is 0.348. The number of amides is 1. The lowest BCUT2D eigenvalue weighted by molar-refractivity contribution is -0.385. The first-order chi connectivity index (χ1) is 15.3. The van der Waals surface area contributed by atoms with E-state index in [4.69, 9.17) is 9.26 Å². The second-order valence-electron chi connectivity index (χ2n) is 7.65. The Balaban J connectivity index is 1.68. The highest BCUT2D eigenvalue weighted by molar-refractivity contribution is 5.78. The first-order valence-corrected chi connectivity index (χ1v) is 10.4. The molecule has 1 atom stereocenters. The number of carbonyl (C=O) groups is 1. The van der Waals surface area contributed by atoms with Crippen molar-refractivity contribution in [1.29, 1.82) is 0 Å². The molecule has 9 heteroatoms. The van der Waals surface area contributed by atoms with E-state index >= 15 is 0 Å². The number of aromatic nitrogens is 2. The number of aryl methyl sites for hydroxylation is 2. The van der Waals surface area contributed by atoms with Gasteiger partial charge in [-0.05, 0) is 39.3 Å². The van der Waals surface area contributed by atoms with Crippen molar-refractivity contribution in [1.82, 2.24) is 15.0 Å². The molecule has 0 aliphatic heterocycles. The fourth-order valence-corrected chi connectivity index (χ4v) is 3.15. The Morgan fingerprint density at radius 3 is 2.56 bits per heavy atom. The van der Waals surface area contributed by atoms with Crippen molar-refractivity contribution >= 4 is 11.6 Å². The summed E-state index contributed by atoms with van der Waals surface area (Å²) < 4.78 is 11.0. The van der Waals surface area contributed by atoms with Crippen LogP contribution in [0.4, 0.5) is 5.69 Å². The zero-order valence-electron chi connectivity index (χ0n) is 18.6. The summed E-state index contributed by atoms with van der Waals surface area (Å²) in [7, 11) is 0. The molecular formula is C23H26N4O5. The van der Waals surface area contributed by atoms with Gasteiger partial charge in [0.05, 0.1) is 4.92 Å². The second kappa shape index (κ2) is 10.0.